The molecule has 0 aliphatic rings. The first kappa shape index (κ1) is 18.7. The lowest BCUT2D eigenvalue weighted by molar-refractivity contribution is -0.122. The highest BCUT2D eigenvalue weighted by Gasteiger charge is 2.20. The lowest BCUT2D eigenvalue weighted by Crippen LogP contribution is -2.32. The smallest absolute Gasteiger partial charge is 0.267 e. The van der Waals surface area contributed by atoms with Gasteiger partial charge in [0.25, 0.3) is 5.91 Å². The van der Waals surface area contributed by atoms with Crippen LogP contribution in [0.25, 0.3) is 0 Å². The molecule has 24 heavy (non-hydrogen) atoms. The maximum atomic E-state index is 12.4. The molecule has 1 aromatic carbocycles. The van der Waals surface area contributed by atoms with Crippen LogP contribution in [0.1, 0.15) is 38.3 Å². The van der Waals surface area contributed by atoms with Gasteiger partial charge in [0, 0.05) is 5.25 Å². The number of hydrogen-bond acceptors (Lipinski definition) is 6. The van der Waals surface area contributed by atoms with Gasteiger partial charge in [-0.3, -0.25) is 10.1 Å². The molecule has 7 heteroatoms. The number of ether oxygens (including phenoxy) is 1. The van der Waals surface area contributed by atoms with E-state index in [0.29, 0.717) is 22.6 Å². The van der Waals surface area contributed by atoms with Gasteiger partial charge in [-0.1, -0.05) is 49.9 Å². The number of carbonyl (C=O) groups excluding carboxylic acids is 1. The second-order valence-electron chi connectivity index (χ2n) is 5.79. The molecule has 0 bridgehead atoms. The highest BCUT2D eigenvalue weighted by atomic mass is 32.2. The molecule has 2 aromatic rings. The van der Waals surface area contributed by atoms with Crippen molar-refractivity contribution >= 4 is 34.1 Å². The minimum atomic E-state index is -0.558. The Morgan fingerprint density at radius 2 is 2.04 bits per heavy atom. The molecule has 1 aromatic heterocycles. The predicted octanol–water partition coefficient (Wildman–Crippen LogP) is 4.45. The lowest BCUT2D eigenvalue weighted by atomic mass is 10.1. The zero-order valence-corrected chi connectivity index (χ0v) is 16.3. The summed E-state index contributed by atoms with van der Waals surface area (Å²) in [6, 6.07) is 5.84. The number of anilines is 1. The van der Waals surface area contributed by atoms with Crippen LogP contribution in [0.4, 0.5) is 5.13 Å². The highest BCUT2D eigenvalue weighted by Crippen LogP contribution is 2.28. The fourth-order valence-electron chi connectivity index (χ4n) is 1.97. The summed E-state index contributed by atoms with van der Waals surface area (Å²) in [5.41, 5.74) is 2.34. The van der Waals surface area contributed by atoms with E-state index >= 15 is 0 Å². The molecule has 0 saturated heterocycles. The molecule has 0 aliphatic heterocycles. The summed E-state index contributed by atoms with van der Waals surface area (Å²) in [6.45, 7) is 10.2. The molecule has 1 amide bonds. The van der Waals surface area contributed by atoms with Gasteiger partial charge < -0.3 is 4.74 Å². The third kappa shape index (κ3) is 5.21. The Balaban J connectivity index is 2.00. The molecule has 5 nitrogen and oxygen atoms in total. The zero-order valence-electron chi connectivity index (χ0n) is 14.6. The molecule has 0 saturated carbocycles. The monoisotopic (exact) mass is 365 g/mol. The second kappa shape index (κ2) is 8.48. The summed E-state index contributed by atoms with van der Waals surface area (Å²) in [6.07, 6.45) is 0.0164. The molecule has 0 unspecified atom stereocenters. The first-order chi connectivity index (χ1) is 11.4. The SMILES string of the molecule is CC[C@@H](Oc1ccc(C)c(C)c1)C(=O)Nc1nnc(SC(C)C)s1. The average molecular weight is 366 g/mol. The number of carbonyl (C=O) groups is 1. The first-order valence-corrected chi connectivity index (χ1v) is 9.63. The Morgan fingerprint density at radius 1 is 1.29 bits per heavy atom. The van der Waals surface area contributed by atoms with Gasteiger partial charge in [0.15, 0.2) is 10.4 Å². The summed E-state index contributed by atoms with van der Waals surface area (Å²) >= 11 is 3.01. The molecule has 0 aliphatic carbocycles. The van der Waals surface area contributed by atoms with Crippen LogP contribution in [-0.4, -0.2) is 27.5 Å². The molecular weight excluding hydrogens is 342 g/mol. The van der Waals surface area contributed by atoms with Crippen molar-refractivity contribution in [3.8, 4) is 5.75 Å². The maximum absolute atomic E-state index is 12.4. The van der Waals surface area contributed by atoms with E-state index in [9.17, 15) is 4.79 Å². The van der Waals surface area contributed by atoms with Gasteiger partial charge in [-0.15, -0.1) is 10.2 Å². The average Bonchev–Trinajstić information content (AvgIpc) is 2.94. The molecule has 0 fully saturated rings. The summed E-state index contributed by atoms with van der Waals surface area (Å²) in [5, 5.41) is 11.8. The molecule has 2 rings (SSSR count). The number of nitrogens with zero attached hydrogens (tertiary/aromatic N) is 2. The minimum absolute atomic E-state index is 0.201. The van der Waals surface area contributed by atoms with Crippen LogP contribution in [-0.2, 0) is 4.79 Å². The van der Waals surface area contributed by atoms with Crippen LogP contribution in [0.5, 0.6) is 5.75 Å². The van der Waals surface area contributed by atoms with Crippen LogP contribution in [0.15, 0.2) is 22.5 Å². The summed E-state index contributed by atoms with van der Waals surface area (Å²) in [5.74, 6) is 0.501. The van der Waals surface area contributed by atoms with E-state index in [1.807, 2.05) is 39.0 Å². The van der Waals surface area contributed by atoms with E-state index in [1.54, 1.807) is 11.8 Å². The fourth-order valence-corrected chi connectivity index (χ4v) is 3.95. The normalized spacial score (nSPS) is 12.2. The number of rotatable bonds is 7. The van der Waals surface area contributed by atoms with Gasteiger partial charge in [-0.05, 0) is 43.5 Å². The van der Waals surface area contributed by atoms with Crippen molar-refractivity contribution < 1.29 is 9.53 Å². The summed E-state index contributed by atoms with van der Waals surface area (Å²) < 4.78 is 6.69. The largest absolute Gasteiger partial charge is 0.481 e. The Bertz CT molecular complexity index is 701. The zero-order chi connectivity index (χ0) is 17.7. The molecule has 0 spiro atoms. The molecule has 1 atom stereocenters. The Morgan fingerprint density at radius 3 is 2.67 bits per heavy atom. The van der Waals surface area contributed by atoms with E-state index in [-0.39, 0.29) is 5.91 Å². The summed E-state index contributed by atoms with van der Waals surface area (Å²) in [7, 11) is 0. The van der Waals surface area contributed by atoms with Crippen LogP contribution in [0, 0.1) is 13.8 Å². The quantitative estimate of drug-likeness (QED) is 0.580. The van der Waals surface area contributed by atoms with Crippen molar-refractivity contribution in [2.45, 2.75) is 56.7 Å². The second-order valence-corrected chi connectivity index (χ2v) is 8.59. The van der Waals surface area contributed by atoms with E-state index < -0.39 is 6.10 Å². The number of benzene rings is 1. The van der Waals surface area contributed by atoms with Crippen LogP contribution in [0.2, 0.25) is 0 Å². The van der Waals surface area contributed by atoms with E-state index in [2.05, 4.69) is 29.4 Å². The van der Waals surface area contributed by atoms with Gasteiger partial charge in [0.1, 0.15) is 5.75 Å². The van der Waals surface area contributed by atoms with E-state index in [4.69, 9.17) is 4.74 Å². The summed E-state index contributed by atoms with van der Waals surface area (Å²) in [4.78, 5) is 12.4. The van der Waals surface area contributed by atoms with Crippen LogP contribution in [0.3, 0.4) is 0 Å². The van der Waals surface area contributed by atoms with Crippen LogP contribution >= 0.6 is 23.1 Å². The molecule has 1 heterocycles. The number of hydrogen-bond donors (Lipinski definition) is 1. The van der Waals surface area contributed by atoms with Crippen molar-refractivity contribution in [1.82, 2.24) is 10.2 Å². The molecular formula is C17H23N3O2S2. The topological polar surface area (TPSA) is 64.1 Å². The van der Waals surface area contributed by atoms with Gasteiger partial charge in [0.2, 0.25) is 5.13 Å². The van der Waals surface area contributed by atoms with E-state index in [0.717, 1.165) is 9.90 Å². The Hall–Kier alpha value is -1.60. The van der Waals surface area contributed by atoms with Crippen molar-refractivity contribution in [2.75, 3.05) is 5.32 Å². The lowest BCUT2D eigenvalue weighted by Gasteiger charge is -2.17. The van der Waals surface area contributed by atoms with Crippen molar-refractivity contribution in [3.63, 3.8) is 0 Å². The predicted molar refractivity (Wildman–Crippen MR) is 100 cm³/mol. The standard InChI is InChI=1S/C17H23N3O2S2/c1-6-14(22-13-8-7-11(4)12(5)9-13)15(21)18-16-19-20-17(24-16)23-10(2)3/h7-10,14H,6H2,1-5H3,(H,18,19,21)/t14-/m1/s1. The number of aryl methyl sites for hydroxylation is 2. The molecule has 0 radical (unpaired) electrons. The first-order valence-electron chi connectivity index (χ1n) is 7.94. The molecule has 130 valence electrons. The van der Waals surface area contributed by atoms with Crippen molar-refractivity contribution in [1.29, 1.82) is 0 Å². The molecule has 1 N–H and O–H groups in total. The Labute approximate surface area is 151 Å². The third-order valence-corrected chi connectivity index (χ3v) is 5.32. The number of nitrogens with one attached hydrogen (secondary N) is 1. The van der Waals surface area contributed by atoms with Gasteiger partial charge in [-0.25, -0.2) is 0 Å². The van der Waals surface area contributed by atoms with Gasteiger partial charge in [-0.2, -0.15) is 0 Å². The van der Waals surface area contributed by atoms with Crippen molar-refractivity contribution in [3.05, 3.63) is 29.3 Å². The Kier molecular flexibility index (Phi) is 6.62. The third-order valence-electron chi connectivity index (χ3n) is 3.39. The van der Waals surface area contributed by atoms with Crippen LogP contribution < -0.4 is 10.1 Å². The number of amides is 1. The van der Waals surface area contributed by atoms with Gasteiger partial charge >= 0.3 is 0 Å². The number of aromatic nitrogens is 2. The maximum Gasteiger partial charge on any atom is 0.267 e. The van der Waals surface area contributed by atoms with E-state index in [1.165, 1.54) is 16.9 Å². The highest BCUT2D eigenvalue weighted by molar-refractivity contribution is 8.01. The van der Waals surface area contributed by atoms with Crippen molar-refractivity contribution in [2.24, 2.45) is 0 Å². The number of thioether (sulfide) groups is 1. The fraction of sp³-hybridized carbons (Fsp3) is 0.471. The van der Waals surface area contributed by atoms with Gasteiger partial charge in [0.05, 0.1) is 0 Å². The minimum Gasteiger partial charge on any atom is -0.481 e.